The van der Waals surface area contributed by atoms with Crippen molar-refractivity contribution in [3.8, 4) is 0 Å². The topological polar surface area (TPSA) is 55.2 Å². The van der Waals surface area contributed by atoms with Crippen molar-refractivity contribution in [2.45, 2.75) is 38.6 Å². The van der Waals surface area contributed by atoms with Crippen LogP contribution < -0.4 is 5.32 Å². The van der Waals surface area contributed by atoms with E-state index in [0.29, 0.717) is 11.6 Å². The number of nitro benzene ring substituents is 1. The Morgan fingerprint density at radius 3 is 2.84 bits per heavy atom. The van der Waals surface area contributed by atoms with Gasteiger partial charge in [0.2, 0.25) is 0 Å². The molecule has 2 unspecified atom stereocenters. The summed E-state index contributed by atoms with van der Waals surface area (Å²) < 4.78 is 13.6. The third kappa shape index (κ3) is 3.43. The van der Waals surface area contributed by atoms with Gasteiger partial charge < -0.3 is 5.32 Å². The fourth-order valence-electron chi connectivity index (χ4n) is 2.59. The SMILES string of the molecule is CC1CCCC(Nc2cc(Br)c(F)cc2[N+](=O)[O-])C1. The van der Waals surface area contributed by atoms with Gasteiger partial charge >= 0.3 is 0 Å². The maximum atomic E-state index is 13.4. The minimum Gasteiger partial charge on any atom is -0.377 e. The van der Waals surface area contributed by atoms with Crippen LogP contribution in [0.1, 0.15) is 32.6 Å². The summed E-state index contributed by atoms with van der Waals surface area (Å²) in [6.45, 7) is 2.18. The second kappa shape index (κ2) is 5.86. The highest BCUT2D eigenvalue weighted by Gasteiger charge is 2.23. The maximum Gasteiger partial charge on any atom is 0.295 e. The molecule has 1 aliphatic rings. The van der Waals surface area contributed by atoms with Crippen LogP contribution >= 0.6 is 15.9 Å². The van der Waals surface area contributed by atoms with Gasteiger partial charge in [-0.25, -0.2) is 4.39 Å². The number of rotatable bonds is 3. The number of nitrogens with one attached hydrogen (secondary N) is 1. The van der Waals surface area contributed by atoms with E-state index >= 15 is 0 Å². The summed E-state index contributed by atoms with van der Waals surface area (Å²) in [6.07, 6.45) is 4.31. The minimum absolute atomic E-state index is 0.209. The normalized spacial score (nSPS) is 23.1. The van der Waals surface area contributed by atoms with Gasteiger partial charge in [0.1, 0.15) is 11.5 Å². The van der Waals surface area contributed by atoms with Gasteiger partial charge in [0.15, 0.2) is 0 Å². The first-order valence-electron chi connectivity index (χ1n) is 6.37. The molecule has 0 heterocycles. The van der Waals surface area contributed by atoms with Crippen molar-refractivity contribution in [2.75, 3.05) is 5.32 Å². The van der Waals surface area contributed by atoms with Crippen molar-refractivity contribution in [3.05, 3.63) is 32.5 Å². The quantitative estimate of drug-likeness (QED) is 0.656. The van der Waals surface area contributed by atoms with Gasteiger partial charge in [-0.05, 0) is 40.8 Å². The molecule has 0 aromatic heterocycles. The molecular formula is C13H16BrFN2O2. The van der Waals surface area contributed by atoms with Gasteiger partial charge in [-0.2, -0.15) is 0 Å². The molecule has 0 radical (unpaired) electrons. The number of benzene rings is 1. The van der Waals surface area contributed by atoms with Gasteiger partial charge in [-0.3, -0.25) is 10.1 Å². The molecule has 1 fully saturated rings. The molecule has 2 atom stereocenters. The van der Waals surface area contributed by atoms with Crippen LogP contribution in [-0.2, 0) is 0 Å². The van der Waals surface area contributed by atoms with Gasteiger partial charge in [0, 0.05) is 6.04 Å². The van der Waals surface area contributed by atoms with E-state index in [2.05, 4.69) is 28.2 Å². The summed E-state index contributed by atoms with van der Waals surface area (Å²) in [5.41, 5.74) is 0.177. The lowest BCUT2D eigenvalue weighted by Gasteiger charge is -2.28. The fraction of sp³-hybridized carbons (Fsp3) is 0.538. The van der Waals surface area contributed by atoms with Gasteiger partial charge in [0.25, 0.3) is 5.69 Å². The molecule has 1 aromatic carbocycles. The standard InChI is InChI=1S/C13H16BrFN2O2/c1-8-3-2-4-9(5-8)16-12-6-10(14)11(15)7-13(12)17(18)19/h6-9,16H,2-5H2,1H3. The smallest absolute Gasteiger partial charge is 0.295 e. The Morgan fingerprint density at radius 2 is 2.21 bits per heavy atom. The van der Waals surface area contributed by atoms with E-state index < -0.39 is 10.7 Å². The van der Waals surface area contributed by atoms with E-state index in [9.17, 15) is 14.5 Å². The van der Waals surface area contributed by atoms with Crippen molar-refractivity contribution in [1.82, 2.24) is 0 Å². The minimum atomic E-state index is -0.616. The van der Waals surface area contributed by atoms with Crippen LogP contribution in [0.5, 0.6) is 0 Å². The summed E-state index contributed by atoms with van der Waals surface area (Å²) in [4.78, 5) is 10.4. The Kier molecular flexibility index (Phi) is 4.39. The number of anilines is 1. The van der Waals surface area contributed by atoms with Crippen LogP contribution in [0.25, 0.3) is 0 Å². The van der Waals surface area contributed by atoms with Crippen molar-refractivity contribution < 1.29 is 9.31 Å². The summed E-state index contributed by atoms with van der Waals surface area (Å²) >= 11 is 3.07. The largest absolute Gasteiger partial charge is 0.377 e. The lowest BCUT2D eigenvalue weighted by molar-refractivity contribution is -0.384. The van der Waals surface area contributed by atoms with Crippen molar-refractivity contribution in [1.29, 1.82) is 0 Å². The van der Waals surface area contributed by atoms with Crippen molar-refractivity contribution in [2.24, 2.45) is 5.92 Å². The molecule has 1 aliphatic carbocycles. The predicted octanol–water partition coefficient (Wildman–Crippen LogP) is 4.49. The molecule has 0 saturated heterocycles. The molecular weight excluding hydrogens is 315 g/mol. The van der Waals surface area contributed by atoms with Crippen LogP contribution in [0.2, 0.25) is 0 Å². The molecule has 1 aromatic rings. The second-order valence-corrected chi connectivity index (χ2v) is 6.01. The van der Waals surface area contributed by atoms with E-state index in [-0.39, 0.29) is 16.2 Å². The van der Waals surface area contributed by atoms with Crippen LogP contribution in [0.3, 0.4) is 0 Å². The molecule has 4 nitrogen and oxygen atoms in total. The van der Waals surface area contributed by atoms with E-state index in [1.807, 2.05) is 0 Å². The van der Waals surface area contributed by atoms with Crippen LogP contribution in [0.4, 0.5) is 15.8 Å². The van der Waals surface area contributed by atoms with E-state index in [1.165, 1.54) is 12.5 Å². The highest BCUT2D eigenvalue weighted by atomic mass is 79.9. The first-order chi connectivity index (χ1) is 8.97. The zero-order valence-corrected chi connectivity index (χ0v) is 12.2. The molecule has 0 aliphatic heterocycles. The Bertz CT molecular complexity index is 496. The zero-order chi connectivity index (χ0) is 14.0. The van der Waals surface area contributed by atoms with Gasteiger partial charge in [-0.1, -0.05) is 19.8 Å². The summed E-state index contributed by atoms with van der Waals surface area (Å²) in [5, 5.41) is 14.2. The van der Waals surface area contributed by atoms with E-state index in [4.69, 9.17) is 0 Å². The summed E-state index contributed by atoms with van der Waals surface area (Å²) in [5.74, 6) is 0.00320. The van der Waals surface area contributed by atoms with Crippen LogP contribution in [0, 0.1) is 21.8 Å². The van der Waals surface area contributed by atoms with Crippen molar-refractivity contribution in [3.63, 3.8) is 0 Å². The van der Waals surface area contributed by atoms with Crippen molar-refractivity contribution >= 4 is 27.3 Å². The highest BCUT2D eigenvalue weighted by Crippen LogP contribution is 2.33. The first kappa shape index (κ1) is 14.2. The Hall–Kier alpha value is -1.17. The molecule has 1 saturated carbocycles. The first-order valence-corrected chi connectivity index (χ1v) is 7.16. The monoisotopic (exact) mass is 330 g/mol. The average Bonchev–Trinajstić information content (AvgIpc) is 2.33. The third-order valence-electron chi connectivity index (χ3n) is 3.53. The average molecular weight is 331 g/mol. The van der Waals surface area contributed by atoms with Gasteiger partial charge in [-0.15, -0.1) is 0 Å². The summed E-state index contributed by atoms with van der Waals surface area (Å²) in [6, 6.07) is 2.63. The molecule has 0 bridgehead atoms. The molecule has 19 heavy (non-hydrogen) atoms. The van der Waals surface area contributed by atoms with Crippen LogP contribution in [-0.4, -0.2) is 11.0 Å². The lowest BCUT2D eigenvalue weighted by atomic mass is 9.87. The Labute approximate surface area is 119 Å². The molecule has 1 N–H and O–H groups in total. The molecule has 104 valence electrons. The molecule has 6 heteroatoms. The number of nitrogens with zero attached hydrogens (tertiary/aromatic N) is 1. The second-order valence-electron chi connectivity index (χ2n) is 5.15. The highest BCUT2D eigenvalue weighted by molar-refractivity contribution is 9.10. The Balaban J connectivity index is 2.23. The lowest BCUT2D eigenvalue weighted by Crippen LogP contribution is -2.26. The summed E-state index contributed by atoms with van der Waals surface area (Å²) in [7, 11) is 0. The number of halogens is 2. The van der Waals surface area contributed by atoms with Gasteiger partial charge in [0.05, 0.1) is 15.5 Å². The van der Waals surface area contributed by atoms with Crippen LogP contribution in [0.15, 0.2) is 16.6 Å². The molecule has 2 rings (SSSR count). The number of hydrogen-bond donors (Lipinski definition) is 1. The fourth-order valence-corrected chi connectivity index (χ4v) is 2.93. The predicted molar refractivity (Wildman–Crippen MR) is 75.8 cm³/mol. The number of nitro groups is 1. The van der Waals surface area contributed by atoms with E-state index in [1.54, 1.807) is 0 Å². The molecule has 0 spiro atoms. The number of hydrogen-bond acceptors (Lipinski definition) is 3. The Morgan fingerprint density at radius 1 is 1.47 bits per heavy atom. The molecule has 0 amide bonds. The third-order valence-corrected chi connectivity index (χ3v) is 4.14. The maximum absolute atomic E-state index is 13.4. The van der Waals surface area contributed by atoms with E-state index in [0.717, 1.165) is 25.3 Å². The zero-order valence-electron chi connectivity index (χ0n) is 10.7.